The van der Waals surface area contributed by atoms with Crippen molar-refractivity contribution in [3.05, 3.63) is 60.8 Å². The molecule has 0 aliphatic carbocycles. The number of benzene rings is 2. The molecule has 0 saturated carbocycles. The highest BCUT2D eigenvalue weighted by Crippen LogP contribution is 2.31. The van der Waals surface area contributed by atoms with Crippen LogP contribution in [-0.4, -0.2) is 28.7 Å². The van der Waals surface area contributed by atoms with Crippen LogP contribution in [0.15, 0.2) is 60.8 Å². The first-order chi connectivity index (χ1) is 13.6. The molecule has 1 aromatic heterocycles. The van der Waals surface area contributed by atoms with Crippen LogP contribution in [-0.2, 0) is 16.1 Å². The Labute approximate surface area is 162 Å². The van der Waals surface area contributed by atoms with E-state index < -0.39 is 5.92 Å². The molecule has 2 heterocycles. The minimum absolute atomic E-state index is 0.0724. The van der Waals surface area contributed by atoms with E-state index in [0.29, 0.717) is 23.8 Å². The lowest BCUT2D eigenvalue weighted by Gasteiger charge is -2.24. The van der Waals surface area contributed by atoms with Gasteiger partial charge in [-0.3, -0.25) is 9.59 Å². The Balaban J connectivity index is 1.46. The Bertz CT molecular complexity index is 1010. The number of hydrogen-bond acceptors (Lipinski definition) is 4. The van der Waals surface area contributed by atoms with Crippen molar-refractivity contribution in [3.63, 3.8) is 0 Å². The summed E-state index contributed by atoms with van der Waals surface area (Å²) in [5.41, 5.74) is 2.48. The van der Waals surface area contributed by atoms with E-state index in [1.54, 1.807) is 42.3 Å². The number of rotatable bonds is 5. The van der Waals surface area contributed by atoms with E-state index in [2.05, 4.69) is 15.7 Å². The van der Waals surface area contributed by atoms with Gasteiger partial charge in [0.05, 0.1) is 25.8 Å². The van der Waals surface area contributed by atoms with E-state index in [1.807, 2.05) is 30.3 Å². The second-order valence-corrected chi connectivity index (χ2v) is 6.63. The average Bonchev–Trinajstić information content (AvgIpc) is 3.11. The summed E-state index contributed by atoms with van der Waals surface area (Å²) in [4.78, 5) is 25.0. The number of hydrogen-bond donors (Lipinski definition) is 2. The molecular weight excluding hydrogens is 356 g/mol. The summed E-state index contributed by atoms with van der Waals surface area (Å²) >= 11 is 0. The van der Waals surface area contributed by atoms with Crippen LogP contribution in [0.4, 0.5) is 11.5 Å². The van der Waals surface area contributed by atoms with Gasteiger partial charge in [0.2, 0.25) is 11.8 Å². The molecule has 2 N–H and O–H groups in total. The maximum atomic E-state index is 12.6. The standard InChI is InChI=1S/C21H20N4O3/c1-28-17-9-5-8-16(11-17)23-19(26)10-15-13-25-20(24-21(15)27)18(12-22-25)14-6-3-2-4-7-14/h2-9,11-12,15H,10,13H2,1H3,(H,23,26)(H,24,27)/t15-/m1/s1. The molecule has 2 amide bonds. The highest BCUT2D eigenvalue weighted by molar-refractivity contribution is 6.00. The van der Waals surface area contributed by atoms with Crippen LogP contribution in [0.3, 0.4) is 0 Å². The van der Waals surface area contributed by atoms with Gasteiger partial charge in [-0.25, -0.2) is 4.68 Å². The van der Waals surface area contributed by atoms with Gasteiger partial charge in [0.1, 0.15) is 11.6 Å². The first kappa shape index (κ1) is 17.8. The number of nitrogens with one attached hydrogen (secondary N) is 2. The molecule has 4 rings (SSSR count). The van der Waals surface area contributed by atoms with Gasteiger partial charge in [-0.1, -0.05) is 36.4 Å². The topological polar surface area (TPSA) is 85.2 Å². The molecule has 1 atom stereocenters. The van der Waals surface area contributed by atoms with Crippen molar-refractivity contribution >= 4 is 23.3 Å². The van der Waals surface area contributed by atoms with E-state index in [4.69, 9.17) is 4.74 Å². The van der Waals surface area contributed by atoms with Crippen molar-refractivity contribution in [1.29, 1.82) is 0 Å². The Morgan fingerprint density at radius 3 is 2.86 bits per heavy atom. The Morgan fingerprint density at radius 2 is 2.07 bits per heavy atom. The zero-order valence-electron chi connectivity index (χ0n) is 15.4. The Hall–Kier alpha value is -3.61. The molecule has 3 aromatic rings. The number of carbonyl (C=O) groups is 2. The molecule has 0 bridgehead atoms. The summed E-state index contributed by atoms with van der Waals surface area (Å²) in [6.45, 7) is 0.361. The number of ether oxygens (including phenoxy) is 1. The van der Waals surface area contributed by atoms with Gasteiger partial charge in [-0.15, -0.1) is 0 Å². The van der Waals surface area contributed by atoms with E-state index in [9.17, 15) is 9.59 Å². The largest absolute Gasteiger partial charge is 0.497 e. The number of carbonyl (C=O) groups excluding carboxylic acids is 2. The fourth-order valence-corrected chi connectivity index (χ4v) is 3.29. The molecule has 2 aromatic carbocycles. The van der Waals surface area contributed by atoms with Crippen molar-refractivity contribution in [1.82, 2.24) is 9.78 Å². The summed E-state index contributed by atoms with van der Waals surface area (Å²) in [7, 11) is 1.57. The predicted octanol–water partition coefficient (Wildman–Crippen LogP) is 3.16. The summed E-state index contributed by atoms with van der Waals surface area (Å²) in [6.07, 6.45) is 1.81. The zero-order chi connectivity index (χ0) is 19.5. The first-order valence-electron chi connectivity index (χ1n) is 9.00. The molecule has 0 radical (unpaired) electrons. The van der Waals surface area contributed by atoms with Crippen LogP contribution in [0.2, 0.25) is 0 Å². The smallest absolute Gasteiger partial charge is 0.231 e. The fourth-order valence-electron chi connectivity index (χ4n) is 3.29. The fraction of sp³-hybridized carbons (Fsp3) is 0.190. The SMILES string of the molecule is COc1cccc(NC(=O)C[C@@H]2Cn3ncc(-c4ccccc4)c3NC2=O)c1. The molecule has 7 nitrogen and oxygen atoms in total. The van der Waals surface area contributed by atoms with Crippen LogP contribution in [0.25, 0.3) is 11.1 Å². The molecule has 1 aliphatic heterocycles. The molecule has 0 spiro atoms. The summed E-state index contributed by atoms with van der Waals surface area (Å²) < 4.78 is 6.90. The van der Waals surface area contributed by atoms with Crippen molar-refractivity contribution < 1.29 is 14.3 Å². The number of fused-ring (bicyclic) bond motifs is 1. The molecule has 0 fully saturated rings. The highest BCUT2D eigenvalue weighted by atomic mass is 16.5. The predicted molar refractivity (Wildman–Crippen MR) is 106 cm³/mol. The molecule has 142 valence electrons. The van der Waals surface area contributed by atoms with Crippen LogP contribution < -0.4 is 15.4 Å². The lowest BCUT2D eigenvalue weighted by molar-refractivity contribution is -0.125. The minimum atomic E-state index is -0.485. The van der Waals surface area contributed by atoms with Crippen molar-refractivity contribution in [3.8, 4) is 16.9 Å². The highest BCUT2D eigenvalue weighted by Gasteiger charge is 2.30. The van der Waals surface area contributed by atoms with Crippen LogP contribution in [0.1, 0.15) is 6.42 Å². The first-order valence-corrected chi connectivity index (χ1v) is 9.00. The van der Waals surface area contributed by atoms with Gasteiger partial charge in [0.25, 0.3) is 0 Å². The van der Waals surface area contributed by atoms with Crippen LogP contribution in [0.5, 0.6) is 5.75 Å². The van der Waals surface area contributed by atoms with E-state index >= 15 is 0 Å². The van der Waals surface area contributed by atoms with E-state index in [1.165, 1.54) is 0 Å². The van der Waals surface area contributed by atoms with Gasteiger partial charge in [0, 0.05) is 23.7 Å². The van der Waals surface area contributed by atoms with E-state index in [0.717, 1.165) is 11.1 Å². The molecule has 0 saturated heterocycles. The second kappa shape index (κ2) is 7.56. The maximum absolute atomic E-state index is 12.6. The van der Waals surface area contributed by atoms with Crippen molar-refractivity contribution in [2.24, 2.45) is 5.92 Å². The van der Waals surface area contributed by atoms with Gasteiger partial charge >= 0.3 is 0 Å². The number of nitrogens with zero attached hydrogens (tertiary/aromatic N) is 2. The van der Waals surface area contributed by atoms with Crippen LogP contribution in [0, 0.1) is 5.92 Å². The third-order valence-electron chi connectivity index (χ3n) is 4.72. The lowest BCUT2D eigenvalue weighted by Crippen LogP contribution is -2.36. The number of amides is 2. The molecule has 1 aliphatic rings. The molecule has 28 heavy (non-hydrogen) atoms. The van der Waals surface area contributed by atoms with Crippen LogP contribution >= 0.6 is 0 Å². The monoisotopic (exact) mass is 376 g/mol. The number of aromatic nitrogens is 2. The molecular formula is C21H20N4O3. The molecule has 7 heteroatoms. The Morgan fingerprint density at radius 1 is 1.25 bits per heavy atom. The summed E-state index contributed by atoms with van der Waals surface area (Å²) in [5, 5.41) is 10.1. The maximum Gasteiger partial charge on any atom is 0.231 e. The van der Waals surface area contributed by atoms with E-state index in [-0.39, 0.29) is 18.2 Å². The zero-order valence-corrected chi connectivity index (χ0v) is 15.4. The number of methoxy groups -OCH3 is 1. The number of anilines is 2. The molecule has 0 unspecified atom stereocenters. The minimum Gasteiger partial charge on any atom is -0.497 e. The second-order valence-electron chi connectivity index (χ2n) is 6.63. The summed E-state index contributed by atoms with van der Waals surface area (Å²) in [5.74, 6) is 0.434. The average molecular weight is 376 g/mol. The van der Waals surface area contributed by atoms with Gasteiger partial charge < -0.3 is 15.4 Å². The third kappa shape index (κ3) is 3.59. The normalized spacial score (nSPS) is 15.5. The third-order valence-corrected chi connectivity index (χ3v) is 4.72. The lowest BCUT2D eigenvalue weighted by atomic mass is 10.0. The van der Waals surface area contributed by atoms with Gasteiger partial charge in [-0.05, 0) is 17.7 Å². The van der Waals surface area contributed by atoms with Gasteiger partial charge in [0.15, 0.2) is 0 Å². The Kier molecular flexibility index (Phi) is 4.80. The van der Waals surface area contributed by atoms with Gasteiger partial charge in [-0.2, -0.15) is 5.10 Å². The quantitative estimate of drug-likeness (QED) is 0.716. The summed E-state index contributed by atoms with van der Waals surface area (Å²) in [6, 6.07) is 16.9. The van der Waals surface area contributed by atoms with Crippen molar-refractivity contribution in [2.75, 3.05) is 17.7 Å². The van der Waals surface area contributed by atoms with Crippen molar-refractivity contribution in [2.45, 2.75) is 13.0 Å².